The number of carbonyl (C=O) groups is 1. The van der Waals surface area contributed by atoms with E-state index in [4.69, 9.17) is 4.74 Å². The van der Waals surface area contributed by atoms with Crippen molar-refractivity contribution in [3.63, 3.8) is 0 Å². The SMILES string of the molecule is CSCCC(Nc1nc(-c2cccc(O)c2)nc(N2CCOCC2)n1)C(=O)O. The van der Waals surface area contributed by atoms with E-state index in [1.54, 1.807) is 36.0 Å². The van der Waals surface area contributed by atoms with Crippen LogP contribution in [0.3, 0.4) is 0 Å². The standard InChI is InChI=1S/C18H23N5O4S/c1-28-10-5-14(16(25)26)19-17-20-15(12-3-2-4-13(24)11-12)21-18(22-17)23-6-8-27-9-7-23/h2-4,11,14,24H,5-10H2,1H3,(H,25,26)(H,19,20,21,22). The maximum absolute atomic E-state index is 11.6. The van der Waals surface area contributed by atoms with Crippen molar-refractivity contribution >= 4 is 29.6 Å². The first-order chi connectivity index (χ1) is 13.6. The zero-order valence-corrected chi connectivity index (χ0v) is 16.4. The van der Waals surface area contributed by atoms with Crippen molar-refractivity contribution in [2.24, 2.45) is 0 Å². The summed E-state index contributed by atoms with van der Waals surface area (Å²) in [5.41, 5.74) is 0.621. The Morgan fingerprint density at radius 3 is 2.79 bits per heavy atom. The van der Waals surface area contributed by atoms with E-state index in [2.05, 4.69) is 20.3 Å². The molecule has 28 heavy (non-hydrogen) atoms. The number of nitrogens with zero attached hydrogens (tertiary/aromatic N) is 4. The van der Waals surface area contributed by atoms with Gasteiger partial charge in [-0.1, -0.05) is 12.1 Å². The summed E-state index contributed by atoms with van der Waals surface area (Å²) < 4.78 is 5.38. The highest BCUT2D eigenvalue weighted by atomic mass is 32.2. The van der Waals surface area contributed by atoms with Gasteiger partial charge in [-0.15, -0.1) is 0 Å². The fraction of sp³-hybridized carbons (Fsp3) is 0.444. The maximum Gasteiger partial charge on any atom is 0.326 e. The van der Waals surface area contributed by atoms with Crippen LogP contribution in [-0.2, 0) is 9.53 Å². The molecule has 3 N–H and O–H groups in total. The Hall–Kier alpha value is -2.59. The van der Waals surface area contributed by atoms with Crippen LogP contribution >= 0.6 is 11.8 Å². The van der Waals surface area contributed by atoms with E-state index in [1.165, 1.54) is 0 Å². The van der Waals surface area contributed by atoms with E-state index in [0.717, 1.165) is 0 Å². The molecule has 2 heterocycles. The van der Waals surface area contributed by atoms with E-state index in [0.29, 0.717) is 55.8 Å². The third kappa shape index (κ3) is 5.23. The molecule has 1 aromatic heterocycles. The lowest BCUT2D eigenvalue weighted by molar-refractivity contribution is -0.137. The summed E-state index contributed by atoms with van der Waals surface area (Å²) in [6.45, 7) is 2.41. The van der Waals surface area contributed by atoms with Crippen molar-refractivity contribution in [2.75, 3.05) is 48.5 Å². The summed E-state index contributed by atoms with van der Waals surface area (Å²) in [4.78, 5) is 26.9. The van der Waals surface area contributed by atoms with Crippen LogP contribution in [0.25, 0.3) is 11.4 Å². The van der Waals surface area contributed by atoms with E-state index in [-0.39, 0.29) is 11.7 Å². The Labute approximate surface area is 167 Å². The zero-order valence-electron chi connectivity index (χ0n) is 15.5. The minimum absolute atomic E-state index is 0.101. The molecule has 1 fully saturated rings. The molecule has 0 saturated carbocycles. The third-order valence-electron chi connectivity index (χ3n) is 4.23. The van der Waals surface area contributed by atoms with Gasteiger partial charge in [0.2, 0.25) is 11.9 Å². The number of carboxylic acid groups (broad SMARTS) is 1. The Morgan fingerprint density at radius 1 is 1.32 bits per heavy atom. The highest BCUT2D eigenvalue weighted by Gasteiger charge is 2.21. The third-order valence-corrected chi connectivity index (χ3v) is 4.88. The summed E-state index contributed by atoms with van der Waals surface area (Å²) in [7, 11) is 0. The van der Waals surface area contributed by atoms with Gasteiger partial charge < -0.3 is 25.2 Å². The van der Waals surface area contributed by atoms with E-state index < -0.39 is 12.0 Å². The Morgan fingerprint density at radius 2 is 2.11 bits per heavy atom. The summed E-state index contributed by atoms with van der Waals surface area (Å²) in [6, 6.07) is 5.81. The van der Waals surface area contributed by atoms with Gasteiger partial charge in [-0.2, -0.15) is 26.7 Å². The summed E-state index contributed by atoms with van der Waals surface area (Å²) in [5.74, 6) is 0.857. The van der Waals surface area contributed by atoms with Crippen molar-refractivity contribution in [3.05, 3.63) is 24.3 Å². The van der Waals surface area contributed by atoms with Crippen LogP contribution in [0.15, 0.2) is 24.3 Å². The smallest absolute Gasteiger partial charge is 0.326 e. The molecule has 1 aliphatic heterocycles. The van der Waals surface area contributed by atoms with Gasteiger partial charge in [-0.3, -0.25) is 0 Å². The molecule has 9 nitrogen and oxygen atoms in total. The van der Waals surface area contributed by atoms with Gasteiger partial charge in [0, 0.05) is 18.7 Å². The minimum atomic E-state index is -0.957. The number of ether oxygens (including phenoxy) is 1. The van der Waals surface area contributed by atoms with Gasteiger partial charge in [-0.05, 0) is 30.6 Å². The van der Waals surface area contributed by atoms with Gasteiger partial charge in [-0.25, -0.2) is 4.79 Å². The molecular formula is C18H23N5O4S. The topological polar surface area (TPSA) is 121 Å². The first-order valence-corrected chi connectivity index (χ1v) is 10.3. The molecule has 1 aliphatic rings. The van der Waals surface area contributed by atoms with Gasteiger partial charge in [0.25, 0.3) is 0 Å². The van der Waals surface area contributed by atoms with Crippen molar-refractivity contribution in [1.82, 2.24) is 15.0 Å². The number of aromatic hydroxyl groups is 1. The van der Waals surface area contributed by atoms with Crippen molar-refractivity contribution < 1.29 is 19.7 Å². The monoisotopic (exact) mass is 405 g/mol. The van der Waals surface area contributed by atoms with Crippen LogP contribution in [-0.4, -0.2) is 75.5 Å². The molecule has 0 amide bonds. The van der Waals surface area contributed by atoms with Crippen LogP contribution in [0.2, 0.25) is 0 Å². The van der Waals surface area contributed by atoms with Crippen LogP contribution < -0.4 is 10.2 Å². The molecule has 10 heteroatoms. The summed E-state index contributed by atoms with van der Waals surface area (Å²) >= 11 is 1.58. The first kappa shape index (κ1) is 20.2. The van der Waals surface area contributed by atoms with Crippen LogP contribution in [0.5, 0.6) is 5.75 Å². The Kier molecular flexibility index (Phi) is 6.88. The van der Waals surface area contributed by atoms with Crippen LogP contribution in [0.1, 0.15) is 6.42 Å². The number of phenols is 1. The summed E-state index contributed by atoms with van der Waals surface area (Å²) in [6.07, 6.45) is 2.37. The number of thioether (sulfide) groups is 1. The van der Waals surface area contributed by atoms with Gasteiger partial charge in [0.05, 0.1) is 13.2 Å². The normalized spacial score (nSPS) is 15.2. The molecule has 0 aliphatic carbocycles. The predicted molar refractivity (Wildman–Crippen MR) is 108 cm³/mol. The van der Waals surface area contributed by atoms with Crippen LogP contribution in [0.4, 0.5) is 11.9 Å². The molecule has 0 radical (unpaired) electrons. The largest absolute Gasteiger partial charge is 0.508 e. The van der Waals surface area contributed by atoms with E-state index in [1.807, 2.05) is 11.2 Å². The number of rotatable bonds is 8. The second-order valence-electron chi connectivity index (χ2n) is 6.25. The molecule has 1 aromatic carbocycles. The number of phenolic OH excluding ortho intramolecular Hbond substituents is 1. The average molecular weight is 405 g/mol. The fourth-order valence-electron chi connectivity index (χ4n) is 2.76. The quantitative estimate of drug-likeness (QED) is 0.598. The second kappa shape index (κ2) is 9.56. The van der Waals surface area contributed by atoms with E-state index in [9.17, 15) is 15.0 Å². The van der Waals surface area contributed by atoms with Crippen molar-refractivity contribution in [3.8, 4) is 17.1 Å². The maximum atomic E-state index is 11.6. The lowest BCUT2D eigenvalue weighted by Gasteiger charge is -2.27. The summed E-state index contributed by atoms with van der Waals surface area (Å²) in [5, 5.41) is 22.2. The van der Waals surface area contributed by atoms with E-state index >= 15 is 0 Å². The molecule has 0 bridgehead atoms. The second-order valence-corrected chi connectivity index (χ2v) is 7.23. The number of hydrogen-bond donors (Lipinski definition) is 3. The highest BCUT2D eigenvalue weighted by Crippen LogP contribution is 2.24. The average Bonchev–Trinajstić information content (AvgIpc) is 2.71. The fourth-order valence-corrected chi connectivity index (χ4v) is 3.23. The zero-order chi connectivity index (χ0) is 19.9. The van der Waals surface area contributed by atoms with Crippen LogP contribution in [0, 0.1) is 0 Å². The number of benzene rings is 1. The lowest BCUT2D eigenvalue weighted by Crippen LogP contribution is -2.38. The highest BCUT2D eigenvalue weighted by molar-refractivity contribution is 7.98. The Bertz CT molecular complexity index is 816. The molecule has 0 spiro atoms. The number of carboxylic acids is 1. The number of morpholine rings is 1. The predicted octanol–water partition coefficient (Wildman–Crippen LogP) is 1.70. The van der Waals surface area contributed by atoms with Crippen molar-refractivity contribution in [1.29, 1.82) is 0 Å². The number of anilines is 2. The van der Waals surface area contributed by atoms with Gasteiger partial charge in [0.1, 0.15) is 11.8 Å². The molecule has 1 atom stereocenters. The number of aliphatic carboxylic acids is 1. The molecule has 1 saturated heterocycles. The number of aromatic nitrogens is 3. The Balaban J connectivity index is 1.95. The molecule has 3 rings (SSSR count). The molecule has 150 valence electrons. The molecule has 2 aromatic rings. The number of hydrogen-bond acceptors (Lipinski definition) is 9. The number of nitrogens with one attached hydrogen (secondary N) is 1. The molecule has 1 unspecified atom stereocenters. The first-order valence-electron chi connectivity index (χ1n) is 8.93. The van der Waals surface area contributed by atoms with Gasteiger partial charge in [0.15, 0.2) is 5.82 Å². The molecular weight excluding hydrogens is 382 g/mol. The minimum Gasteiger partial charge on any atom is -0.508 e. The van der Waals surface area contributed by atoms with Crippen molar-refractivity contribution in [2.45, 2.75) is 12.5 Å². The van der Waals surface area contributed by atoms with Gasteiger partial charge >= 0.3 is 5.97 Å². The lowest BCUT2D eigenvalue weighted by atomic mass is 10.2.